The van der Waals surface area contributed by atoms with Crippen molar-refractivity contribution >= 4 is 11.8 Å². The van der Waals surface area contributed by atoms with E-state index >= 15 is 0 Å². The predicted octanol–water partition coefficient (Wildman–Crippen LogP) is 2.71. The zero-order valence-electron chi connectivity index (χ0n) is 12.0. The third-order valence-corrected chi connectivity index (χ3v) is 5.31. The Labute approximate surface area is 117 Å². The second-order valence-electron chi connectivity index (χ2n) is 5.96. The van der Waals surface area contributed by atoms with Crippen molar-refractivity contribution < 1.29 is 0 Å². The SMILES string of the molecule is C=CCSCCN1CC2CCCN2CC1C(C)C. The van der Waals surface area contributed by atoms with Crippen molar-refractivity contribution in [1.82, 2.24) is 9.80 Å². The van der Waals surface area contributed by atoms with Crippen LogP contribution in [0.1, 0.15) is 26.7 Å². The molecule has 0 N–H and O–H groups in total. The van der Waals surface area contributed by atoms with Gasteiger partial charge in [0.2, 0.25) is 0 Å². The molecule has 0 aromatic carbocycles. The molecule has 2 atom stereocenters. The molecule has 2 rings (SSSR count). The normalized spacial score (nSPS) is 29.7. The average Bonchev–Trinajstić information content (AvgIpc) is 2.80. The molecular formula is C15H28N2S. The lowest BCUT2D eigenvalue weighted by Gasteiger charge is -2.45. The molecule has 2 unspecified atom stereocenters. The molecule has 0 radical (unpaired) electrons. The van der Waals surface area contributed by atoms with Gasteiger partial charge in [-0.25, -0.2) is 0 Å². The summed E-state index contributed by atoms with van der Waals surface area (Å²) in [4.78, 5) is 5.49. The number of thioether (sulfide) groups is 1. The molecule has 2 saturated heterocycles. The van der Waals surface area contributed by atoms with Gasteiger partial charge in [0.1, 0.15) is 0 Å². The van der Waals surface area contributed by atoms with E-state index in [-0.39, 0.29) is 0 Å². The fourth-order valence-corrected chi connectivity index (χ4v) is 4.04. The Hall–Kier alpha value is 0.01000. The van der Waals surface area contributed by atoms with E-state index < -0.39 is 0 Å². The van der Waals surface area contributed by atoms with Crippen LogP contribution >= 0.6 is 11.8 Å². The van der Waals surface area contributed by atoms with Crippen LogP contribution in [-0.2, 0) is 0 Å². The van der Waals surface area contributed by atoms with E-state index in [1.54, 1.807) is 0 Å². The lowest BCUT2D eigenvalue weighted by atomic mass is 9.97. The van der Waals surface area contributed by atoms with Crippen molar-refractivity contribution in [3.63, 3.8) is 0 Å². The highest BCUT2D eigenvalue weighted by atomic mass is 32.2. The van der Waals surface area contributed by atoms with E-state index in [0.717, 1.165) is 23.8 Å². The Morgan fingerprint density at radius 1 is 1.39 bits per heavy atom. The Kier molecular flexibility index (Phi) is 5.58. The van der Waals surface area contributed by atoms with E-state index in [2.05, 4.69) is 30.2 Å². The smallest absolute Gasteiger partial charge is 0.0247 e. The van der Waals surface area contributed by atoms with Crippen LogP contribution < -0.4 is 0 Å². The monoisotopic (exact) mass is 268 g/mol. The Morgan fingerprint density at radius 3 is 2.94 bits per heavy atom. The molecule has 18 heavy (non-hydrogen) atoms. The van der Waals surface area contributed by atoms with Gasteiger partial charge in [-0.2, -0.15) is 11.8 Å². The fourth-order valence-electron chi connectivity index (χ4n) is 3.34. The third-order valence-electron chi connectivity index (χ3n) is 4.36. The van der Waals surface area contributed by atoms with Gasteiger partial charge in [-0.05, 0) is 25.3 Å². The third kappa shape index (κ3) is 3.52. The first-order chi connectivity index (χ1) is 8.72. The van der Waals surface area contributed by atoms with Gasteiger partial charge in [-0.1, -0.05) is 19.9 Å². The zero-order chi connectivity index (χ0) is 13.0. The maximum absolute atomic E-state index is 3.79. The summed E-state index contributed by atoms with van der Waals surface area (Å²) in [5.41, 5.74) is 0. The van der Waals surface area contributed by atoms with Gasteiger partial charge in [-0.3, -0.25) is 9.80 Å². The fraction of sp³-hybridized carbons (Fsp3) is 0.867. The first-order valence-electron chi connectivity index (χ1n) is 7.39. The maximum atomic E-state index is 3.79. The molecule has 104 valence electrons. The number of hydrogen-bond acceptors (Lipinski definition) is 3. The lowest BCUT2D eigenvalue weighted by Crippen LogP contribution is -2.58. The molecule has 0 saturated carbocycles. The molecule has 2 aliphatic rings. The van der Waals surface area contributed by atoms with Crippen molar-refractivity contribution in [3.05, 3.63) is 12.7 Å². The summed E-state index contributed by atoms with van der Waals surface area (Å²) >= 11 is 2.01. The molecule has 0 aromatic heterocycles. The predicted molar refractivity (Wildman–Crippen MR) is 82.3 cm³/mol. The highest BCUT2D eigenvalue weighted by Gasteiger charge is 2.36. The van der Waals surface area contributed by atoms with Crippen LogP contribution in [-0.4, -0.2) is 59.6 Å². The minimum absolute atomic E-state index is 0.767. The number of piperazine rings is 1. The largest absolute Gasteiger partial charge is 0.298 e. The van der Waals surface area contributed by atoms with Gasteiger partial charge in [0.15, 0.2) is 0 Å². The number of fused-ring (bicyclic) bond motifs is 1. The van der Waals surface area contributed by atoms with Crippen LogP contribution in [0.3, 0.4) is 0 Å². The summed E-state index contributed by atoms with van der Waals surface area (Å²) in [5, 5.41) is 0. The van der Waals surface area contributed by atoms with E-state index in [0.29, 0.717) is 0 Å². The molecule has 0 aromatic rings. The average molecular weight is 268 g/mol. The summed E-state index contributed by atoms with van der Waals surface area (Å²) in [6.07, 6.45) is 4.84. The molecule has 2 nitrogen and oxygen atoms in total. The Balaban J connectivity index is 1.86. The topological polar surface area (TPSA) is 6.48 Å². The molecule has 2 fully saturated rings. The second kappa shape index (κ2) is 6.97. The number of nitrogens with zero attached hydrogens (tertiary/aromatic N) is 2. The van der Waals surface area contributed by atoms with Gasteiger partial charge < -0.3 is 0 Å². The molecular weight excluding hydrogens is 240 g/mol. The summed E-state index contributed by atoms with van der Waals surface area (Å²) in [6, 6.07) is 1.62. The van der Waals surface area contributed by atoms with Crippen LogP contribution in [0.5, 0.6) is 0 Å². The Bertz CT molecular complexity index is 267. The van der Waals surface area contributed by atoms with Crippen molar-refractivity contribution in [1.29, 1.82) is 0 Å². The van der Waals surface area contributed by atoms with Gasteiger partial charge >= 0.3 is 0 Å². The molecule has 2 aliphatic heterocycles. The van der Waals surface area contributed by atoms with Crippen molar-refractivity contribution in [2.75, 3.05) is 37.7 Å². The first kappa shape index (κ1) is 14.4. The molecule has 2 heterocycles. The van der Waals surface area contributed by atoms with E-state index in [9.17, 15) is 0 Å². The van der Waals surface area contributed by atoms with E-state index in [4.69, 9.17) is 0 Å². The highest BCUT2D eigenvalue weighted by molar-refractivity contribution is 7.99. The maximum Gasteiger partial charge on any atom is 0.0247 e. The van der Waals surface area contributed by atoms with Crippen LogP contribution in [0, 0.1) is 5.92 Å². The second-order valence-corrected chi connectivity index (χ2v) is 7.11. The lowest BCUT2D eigenvalue weighted by molar-refractivity contribution is 0.0340. The number of rotatable bonds is 6. The summed E-state index contributed by atoms with van der Waals surface area (Å²) in [5.74, 6) is 3.12. The first-order valence-corrected chi connectivity index (χ1v) is 8.54. The molecule has 0 aliphatic carbocycles. The van der Waals surface area contributed by atoms with Crippen molar-refractivity contribution in [2.45, 2.75) is 38.8 Å². The zero-order valence-corrected chi connectivity index (χ0v) is 12.8. The Morgan fingerprint density at radius 2 is 2.22 bits per heavy atom. The molecule has 3 heteroatoms. The van der Waals surface area contributed by atoms with Gasteiger partial charge in [0.25, 0.3) is 0 Å². The summed E-state index contributed by atoms with van der Waals surface area (Å²) < 4.78 is 0. The molecule has 0 amide bonds. The van der Waals surface area contributed by atoms with Gasteiger partial charge in [0, 0.05) is 43.2 Å². The molecule has 0 bridgehead atoms. The van der Waals surface area contributed by atoms with E-state index in [1.807, 2.05) is 17.8 Å². The van der Waals surface area contributed by atoms with Gasteiger partial charge in [-0.15, -0.1) is 6.58 Å². The minimum atomic E-state index is 0.767. The number of hydrogen-bond donors (Lipinski definition) is 0. The quantitative estimate of drug-likeness (QED) is 0.540. The van der Waals surface area contributed by atoms with Crippen LogP contribution in [0.15, 0.2) is 12.7 Å². The summed E-state index contributed by atoms with van der Waals surface area (Å²) in [6.45, 7) is 13.7. The van der Waals surface area contributed by atoms with Crippen molar-refractivity contribution in [2.24, 2.45) is 5.92 Å². The van der Waals surface area contributed by atoms with Crippen LogP contribution in [0.4, 0.5) is 0 Å². The van der Waals surface area contributed by atoms with Crippen LogP contribution in [0.2, 0.25) is 0 Å². The standard InChI is InChI=1S/C15H28N2S/c1-4-9-18-10-8-17-11-14-6-5-7-16(14)12-15(17)13(2)3/h4,13-15H,1,5-12H2,2-3H3. The van der Waals surface area contributed by atoms with Crippen LogP contribution in [0.25, 0.3) is 0 Å². The van der Waals surface area contributed by atoms with E-state index in [1.165, 1.54) is 44.8 Å². The minimum Gasteiger partial charge on any atom is -0.298 e. The highest BCUT2D eigenvalue weighted by Crippen LogP contribution is 2.27. The molecule has 0 spiro atoms. The summed E-state index contributed by atoms with van der Waals surface area (Å²) in [7, 11) is 0. The van der Waals surface area contributed by atoms with Gasteiger partial charge in [0.05, 0.1) is 0 Å². The van der Waals surface area contributed by atoms with Crippen molar-refractivity contribution in [3.8, 4) is 0 Å².